The number of ether oxygens (including phenoxy) is 1. The largest absolute Gasteiger partial charge is 0.493 e. The van der Waals surface area contributed by atoms with E-state index < -0.39 is 15.7 Å². The van der Waals surface area contributed by atoms with Gasteiger partial charge in [0, 0.05) is 6.07 Å². The third kappa shape index (κ3) is 4.09. The van der Waals surface area contributed by atoms with Gasteiger partial charge in [0.1, 0.15) is 16.5 Å². The van der Waals surface area contributed by atoms with Crippen molar-refractivity contribution in [2.75, 3.05) is 25.4 Å². The van der Waals surface area contributed by atoms with Gasteiger partial charge < -0.3 is 10.1 Å². The van der Waals surface area contributed by atoms with Crippen molar-refractivity contribution in [1.82, 2.24) is 5.32 Å². The second kappa shape index (κ2) is 7.40. The van der Waals surface area contributed by atoms with Gasteiger partial charge in [0.15, 0.2) is 9.84 Å². The molecule has 1 aliphatic heterocycles. The Morgan fingerprint density at radius 2 is 2.04 bits per heavy atom. The van der Waals surface area contributed by atoms with E-state index in [0.717, 1.165) is 37.3 Å². The normalized spacial score (nSPS) is 24.8. The molecule has 1 aromatic rings. The summed E-state index contributed by atoms with van der Waals surface area (Å²) in [6, 6.07) is 4.03. The maximum atomic E-state index is 14.0. The van der Waals surface area contributed by atoms with Crippen LogP contribution in [0.15, 0.2) is 23.1 Å². The van der Waals surface area contributed by atoms with Crippen LogP contribution in [0.1, 0.15) is 32.6 Å². The summed E-state index contributed by atoms with van der Waals surface area (Å²) in [6.07, 6.45) is 4.84. The molecular formula is C18H26FNO3S. The van der Waals surface area contributed by atoms with Gasteiger partial charge in [0.2, 0.25) is 0 Å². The lowest BCUT2D eigenvalue weighted by atomic mass is 9.91. The fraction of sp³-hybridized carbons (Fsp3) is 0.667. The highest BCUT2D eigenvalue weighted by molar-refractivity contribution is 7.91. The van der Waals surface area contributed by atoms with Gasteiger partial charge >= 0.3 is 0 Å². The summed E-state index contributed by atoms with van der Waals surface area (Å²) in [5.41, 5.74) is 0. The molecule has 134 valence electrons. The minimum absolute atomic E-state index is 0.107. The van der Waals surface area contributed by atoms with Crippen LogP contribution in [0, 0.1) is 23.6 Å². The van der Waals surface area contributed by atoms with Crippen LogP contribution >= 0.6 is 0 Å². The van der Waals surface area contributed by atoms with Gasteiger partial charge in [-0.3, -0.25) is 0 Å². The Kier molecular flexibility index (Phi) is 5.45. The number of nitrogens with one attached hydrogen (secondary N) is 1. The molecule has 2 aliphatic rings. The van der Waals surface area contributed by atoms with Crippen LogP contribution in [0.25, 0.3) is 0 Å². The molecule has 1 saturated heterocycles. The van der Waals surface area contributed by atoms with Gasteiger partial charge in [-0.15, -0.1) is 0 Å². The van der Waals surface area contributed by atoms with E-state index in [1.807, 2.05) is 0 Å². The summed E-state index contributed by atoms with van der Waals surface area (Å²) in [7, 11) is -3.52. The van der Waals surface area contributed by atoms with Crippen molar-refractivity contribution in [3.8, 4) is 5.75 Å². The lowest BCUT2D eigenvalue weighted by Crippen LogP contribution is -2.29. The van der Waals surface area contributed by atoms with Crippen LogP contribution in [-0.4, -0.2) is 33.9 Å². The number of halogens is 1. The van der Waals surface area contributed by atoms with E-state index in [9.17, 15) is 12.8 Å². The molecular weight excluding hydrogens is 329 g/mol. The first-order valence-corrected chi connectivity index (χ1v) is 10.5. The molecule has 24 heavy (non-hydrogen) atoms. The highest BCUT2D eigenvalue weighted by atomic mass is 32.2. The van der Waals surface area contributed by atoms with Crippen LogP contribution in [0.3, 0.4) is 0 Å². The van der Waals surface area contributed by atoms with Crippen LogP contribution < -0.4 is 10.1 Å². The molecule has 2 fully saturated rings. The molecule has 2 atom stereocenters. The second-order valence-corrected chi connectivity index (χ2v) is 9.13. The summed E-state index contributed by atoms with van der Waals surface area (Å²) < 4.78 is 43.1. The molecule has 0 bridgehead atoms. The van der Waals surface area contributed by atoms with Crippen LogP contribution in [0.2, 0.25) is 0 Å². The monoisotopic (exact) mass is 355 g/mol. The van der Waals surface area contributed by atoms with Crippen molar-refractivity contribution in [2.45, 2.75) is 37.5 Å². The Labute approximate surface area is 143 Å². The van der Waals surface area contributed by atoms with Crippen molar-refractivity contribution in [1.29, 1.82) is 0 Å². The van der Waals surface area contributed by atoms with Crippen LogP contribution in [0.5, 0.6) is 5.75 Å². The fourth-order valence-corrected chi connectivity index (χ4v) is 4.70. The summed E-state index contributed by atoms with van der Waals surface area (Å²) in [6.45, 7) is 4.34. The second-order valence-electron chi connectivity index (χ2n) is 6.88. The van der Waals surface area contributed by atoms with Gasteiger partial charge in [-0.2, -0.15) is 0 Å². The van der Waals surface area contributed by atoms with Gasteiger partial charge in [0.05, 0.1) is 12.4 Å². The van der Waals surface area contributed by atoms with Gasteiger partial charge in [-0.05, 0) is 68.7 Å². The predicted octanol–water partition coefficient (Wildman–Crippen LogP) is 3.02. The lowest BCUT2D eigenvalue weighted by Gasteiger charge is -2.22. The maximum absolute atomic E-state index is 14.0. The molecule has 0 aromatic heterocycles. The molecule has 4 nitrogen and oxygen atoms in total. The molecule has 1 N–H and O–H groups in total. The molecule has 0 amide bonds. The minimum atomic E-state index is -3.52. The Morgan fingerprint density at radius 1 is 1.29 bits per heavy atom. The van der Waals surface area contributed by atoms with E-state index in [1.165, 1.54) is 38.3 Å². The van der Waals surface area contributed by atoms with Crippen molar-refractivity contribution in [3.05, 3.63) is 24.0 Å². The average Bonchev–Trinajstić information content (AvgIpc) is 3.35. The number of piperidine rings is 1. The van der Waals surface area contributed by atoms with E-state index in [4.69, 9.17) is 4.74 Å². The van der Waals surface area contributed by atoms with Crippen LogP contribution in [0.4, 0.5) is 4.39 Å². The van der Waals surface area contributed by atoms with E-state index in [1.54, 1.807) is 6.07 Å². The first-order chi connectivity index (χ1) is 11.5. The summed E-state index contributed by atoms with van der Waals surface area (Å²) in [5, 5.41) is 3.40. The Bertz CT molecular complexity index is 671. The number of hydrogen-bond acceptors (Lipinski definition) is 4. The van der Waals surface area contributed by atoms with Crippen LogP contribution in [-0.2, 0) is 9.84 Å². The molecule has 2 unspecified atom stereocenters. The summed E-state index contributed by atoms with van der Waals surface area (Å²) in [4.78, 5) is -0.245. The fourth-order valence-electron chi connectivity index (χ4n) is 3.76. The molecule has 0 radical (unpaired) electrons. The first-order valence-electron chi connectivity index (χ1n) is 8.87. The van der Waals surface area contributed by atoms with Crippen molar-refractivity contribution in [2.24, 2.45) is 17.8 Å². The smallest absolute Gasteiger partial charge is 0.181 e. The van der Waals surface area contributed by atoms with E-state index in [0.29, 0.717) is 12.4 Å². The molecule has 3 rings (SSSR count). The highest BCUT2D eigenvalue weighted by Crippen LogP contribution is 2.49. The van der Waals surface area contributed by atoms with Gasteiger partial charge in [-0.1, -0.05) is 6.92 Å². The molecule has 1 aromatic carbocycles. The zero-order valence-corrected chi connectivity index (χ0v) is 14.9. The van der Waals surface area contributed by atoms with Crippen molar-refractivity contribution in [3.63, 3.8) is 0 Å². The topological polar surface area (TPSA) is 55.4 Å². The minimum Gasteiger partial charge on any atom is -0.493 e. The Balaban J connectivity index is 1.47. The summed E-state index contributed by atoms with van der Waals surface area (Å²) >= 11 is 0. The van der Waals surface area contributed by atoms with E-state index >= 15 is 0 Å². The quantitative estimate of drug-likeness (QED) is 0.817. The Morgan fingerprint density at radius 3 is 2.71 bits per heavy atom. The molecule has 6 heteroatoms. The number of sulfone groups is 1. The van der Waals surface area contributed by atoms with E-state index in [2.05, 4.69) is 5.32 Å². The van der Waals surface area contributed by atoms with Gasteiger partial charge in [-0.25, -0.2) is 12.8 Å². The standard InChI is InChI=1S/C18H26FNO3S/c1-2-24(21,22)18-4-3-15(12-17(18)19)23-10-7-14-11-16(14)13-5-8-20-9-6-13/h3-4,12-14,16,20H,2,5-11H2,1H3. The number of hydrogen-bond donors (Lipinski definition) is 1. The lowest BCUT2D eigenvalue weighted by molar-refractivity contribution is 0.278. The van der Waals surface area contributed by atoms with E-state index in [-0.39, 0.29) is 10.6 Å². The maximum Gasteiger partial charge on any atom is 0.181 e. The SMILES string of the molecule is CCS(=O)(=O)c1ccc(OCCC2CC2C2CCNCC2)cc1F. The molecule has 0 spiro atoms. The Hall–Kier alpha value is -1.14. The predicted molar refractivity (Wildman–Crippen MR) is 91.4 cm³/mol. The zero-order chi connectivity index (χ0) is 17.2. The highest BCUT2D eigenvalue weighted by Gasteiger charge is 2.42. The molecule has 1 saturated carbocycles. The third-order valence-corrected chi connectivity index (χ3v) is 7.10. The van der Waals surface area contributed by atoms with Crippen molar-refractivity contribution >= 4 is 9.84 Å². The molecule has 1 aliphatic carbocycles. The third-order valence-electron chi connectivity index (χ3n) is 5.34. The number of rotatable bonds is 7. The van der Waals surface area contributed by atoms with Gasteiger partial charge in [0.25, 0.3) is 0 Å². The number of benzene rings is 1. The summed E-state index contributed by atoms with van der Waals surface area (Å²) in [5.74, 6) is 1.99. The van der Waals surface area contributed by atoms with Crippen molar-refractivity contribution < 1.29 is 17.5 Å². The average molecular weight is 355 g/mol. The zero-order valence-electron chi connectivity index (χ0n) is 14.1. The molecule has 1 heterocycles. The first kappa shape index (κ1) is 17.7.